The summed E-state index contributed by atoms with van der Waals surface area (Å²) in [5.41, 5.74) is 2.23. The van der Waals surface area contributed by atoms with E-state index in [1.165, 1.54) is 10.5 Å². The first kappa shape index (κ1) is 23.6. The SMILES string of the molecule is Cc1ccnc(SCCN2C(N3CCN(Cc4ccccc4)CC3)=NC3C2C(=O)NC(=O)N3C)n1. The molecule has 2 aromatic rings. The van der Waals surface area contributed by atoms with Crippen molar-refractivity contribution in [3.63, 3.8) is 0 Å². The minimum absolute atomic E-state index is 0.295. The van der Waals surface area contributed by atoms with E-state index in [2.05, 4.69) is 54.2 Å². The Bertz CT molecular complexity index is 1110. The molecule has 2 unspecified atom stereocenters. The van der Waals surface area contributed by atoms with Crippen LogP contribution in [-0.4, -0.2) is 105 Å². The molecule has 3 aliphatic rings. The summed E-state index contributed by atoms with van der Waals surface area (Å²) in [6.45, 7) is 6.90. The second-order valence-corrected chi connectivity index (χ2v) is 10.0. The molecule has 11 heteroatoms. The number of urea groups is 1. The zero-order valence-electron chi connectivity index (χ0n) is 20.0. The van der Waals surface area contributed by atoms with E-state index in [4.69, 9.17) is 4.99 Å². The van der Waals surface area contributed by atoms with Crippen molar-refractivity contribution in [2.75, 3.05) is 45.5 Å². The number of amides is 3. The zero-order chi connectivity index (χ0) is 24.4. The van der Waals surface area contributed by atoms with Crippen LogP contribution in [0.3, 0.4) is 0 Å². The number of rotatable bonds is 6. The van der Waals surface area contributed by atoms with Crippen LogP contribution in [0.1, 0.15) is 11.3 Å². The van der Waals surface area contributed by atoms with Crippen LogP contribution in [0.5, 0.6) is 0 Å². The summed E-state index contributed by atoms with van der Waals surface area (Å²) < 4.78 is 0. The first-order valence-electron chi connectivity index (χ1n) is 11.9. The van der Waals surface area contributed by atoms with E-state index in [0.717, 1.165) is 44.4 Å². The number of imide groups is 1. The molecule has 4 heterocycles. The summed E-state index contributed by atoms with van der Waals surface area (Å²) in [5.74, 6) is 1.20. The lowest BCUT2D eigenvalue weighted by atomic mass is 10.1. The van der Waals surface area contributed by atoms with E-state index < -0.39 is 18.2 Å². The van der Waals surface area contributed by atoms with Crippen LogP contribution in [-0.2, 0) is 11.3 Å². The van der Waals surface area contributed by atoms with Crippen LogP contribution < -0.4 is 5.32 Å². The molecule has 1 N–H and O–H groups in total. The molecule has 35 heavy (non-hydrogen) atoms. The maximum absolute atomic E-state index is 12.9. The summed E-state index contributed by atoms with van der Waals surface area (Å²) in [7, 11) is 1.69. The van der Waals surface area contributed by atoms with Gasteiger partial charge in [0.25, 0.3) is 5.91 Å². The van der Waals surface area contributed by atoms with E-state index in [1.54, 1.807) is 25.0 Å². The van der Waals surface area contributed by atoms with Gasteiger partial charge in [0.15, 0.2) is 23.3 Å². The highest BCUT2D eigenvalue weighted by molar-refractivity contribution is 7.99. The minimum Gasteiger partial charge on any atom is -0.340 e. The molecule has 10 nitrogen and oxygen atoms in total. The second kappa shape index (κ2) is 10.2. The van der Waals surface area contributed by atoms with Crippen molar-refractivity contribution < 1.29 is 9.59 Å². The molecule has 3 amide bonds. The molecule has 0 spiro atoms. The van der Waals surface area contributed by atoms with Crippen molar-refractivity contribution in [3.8, 4) is 0 Å². The highest BCUT2D eigenvalue weighted by Crippen LogP contribution is 2.27. The van der Waals surface area contributed by atoms with Gasteiger partial charge in [0.05, 0.1) is 0 Å². The summed E-state index contributed by atoms with van der Waals surface area (Å²) in [4.78, 5) is 47.1. The number of hydrogen-bond donors (Lipinski definition) is 1. The number of fused-ring (bicyclic) bond motifs is 1. The predicted molar refractivity (Wildman–Crippen MR) is 134 cm³/mol. The molecular formula is C24H30N8O2S. The number of nitrogens with zero attached hydrogens (tertiary/aromatic N) is 7. The number of hydrogen-bond acceptors (Lipinski definition) is 9. The third-order valence-electron chi connectivity index (χ3n) is 6.58. The van der Waals surface area contributed by atoms with Crippen LogP contribution in [0.25, 0.3) is 0 Å². The number of aliphatic imine (C=N–C) groups is 1. The average molecular weight is 495 g/mol. The lowest BCUT2D eigenvalue weighted by Crippen LogP contribution is -2.64. The number of piperazine rings is 1. The maximum Gasteiger partial charge on any atom is 0.325 e. The van der Waals surface area contributed by atoms with Crippen LogP contribution in [0.15, 0.2) is 52.7 Å². The van der Waals surface area contributed by atoms with Crippen LogP contribution >= 0.6 is 11.8 Å². The van der Waals surface area contributed by atoms with E-state index in [0.29, 0.717) is 17.5 Å². The smallest absolute Gasteiger partial charge is 0.325 e. The van der Waals surface area contributed by atoms with Crippen LogP contribution in [0.4, 0.5) is 4.79 Å². The second-order valence-electron chi connectivity index (χ2n) is 8.96. The summed E-state index contributed by atoms with van der Waals surface area (Å²) in [6.07, 6.45) is 1.24. The highest BCUT2D eigenvalue weighted by atomic mass is 32.2. The maximum atomic E-state index is 12.9. The first-order valence-corrected chi connectivity index (χ1v) is 12.8. The van der Waals surface area contributed by atoms with Crippen molar-refractivity contribution in [1.29, 1.82) is 0 Å². The molecule has 2 fully saturated rings. The number of benzene rings is 1. The molecule has 0 radical (unpaired) electrons. The quantitative estimate of drug-likeness (QED) is 0.473. The van der Waals surface area contributed by atoms with Crippen molar-refractivity contribution >= 4 is 29.7 Å². The van der Waals surface area contributed by atoms with Gasteiger partial charge in [0, 0.05) is 64.0 Å². The summed E-state index contributed by atoms with van der Waals surface area (Å²) in [6, 6.07) is 11.4. The monoisotopic (exact) mass is 494 g/mol. The van der Waals surface area contributed by atoms with E-state index in [-0.39, 0.29) is 5.91 Å². The Kier molecular flexibility index (Phi) is 6.87. The van der Waals surface area contributed by atoms with Gasteiger partial charge in [-0.25, -0.2) is 19.8 Å². The molecule has 2 atom stereocenters. The van der Waals surface area contributed by atoms with Gasteiger partial charge in [-0.3, -0.25) is 15.0 Å². The number of aromatic nitrogens is 2. The van der Waals surface area contributed by atoms with Crippen LogP contribution in [0, 0.1) is 6.92 Å². The topological polar surface area (TPSA) is 97.3 Å². The van der Waals surface area contributed by atoms with Crippen molar-refractivity contribution in [2.45, 2.75) is 30.8 Å². The fourth-order valence-corrected chi connectivity index (χ4v) is 5.51. The molecule has 0 aliphatic carbocycles. The van der Waals surface area contributed by atoms with Gasteiger partial charge in [0.1, 0.15) is 0 Å². The summed E-state index contributed by atoms with van der Waals surface area (Å²) in [5, 5.41) is 3.20. The van der Waals surface area contributed by atoms with Gasteiger partial charge in [-0.15, -0.1) is 0 Å². The number of aryl methyl sites for hydroxylation is 1. The Labute approximate surface area is 209 Å². The number of likely N-dealkylation sites (N-methyl/N-ethyl adjacent to an activating group) is 1. The molecule has 1 aromatic carbocycles. The third-order valence-corrected chi connectivity index (χ3v) is 7.42. The molecule has 0 saturated carbocycles. The van der Waals surface area contributed by atoms with Gasteiger partial charge < -0.3 is 14.7 Å². The molecule has 2 saturated heterocycles. The van der Waals surface area contributed by atoms with Gasteiger partial charge in [-0.1, -0.05) is 42.1 Å². The lowest BCUT2D eigenvalue weighted by molar-refractivity contribution is -0.127. The number of thioether (sulfide) groups is 1. The van der Waals surface area contributed by atoms with Gasteiger partial charge in [-0.2, -0.15) is 0 Å². The van der Waals surface area contributed by atoms with Crippen molar-refractivity contribution in [2.24, 2.45) is 4.99 Å². The molecule has 1 aromatic heterocycles. The molecule has 184 valence electrons. The zero-order valence-corrected chi connectivity index (χ0v) is 20.8. The Morgan fingerprint density at radius 2 is 1.86 bits per heavy atom. The number of carbonyl (C=O) groups excluding carboxylic acids is 2. The van der Waals surface area contributed by atoms with Gasteiger partial charge >= 0.3 is 6.03 Å². The Morgan fingerprint density at radius 3 is 2.60 bits per heavy atom. The first-order chi connectivity index (χ1) is 17.0. The number of guanidine groups is 1. The van der Waals surface area contributed by atoms with E-state index in [9.17, 15) is 9.59 Å². The summed E-state index contributed by atoms with van der Waals surface area (Å²) >= 11 is 1.56. The Morgan fingerprint density at radius 1 is 1.09 bits per heavy atom. The van der Waals surface area contributed by atoms with Crippen molar-refractivity contribution in [3.05, 3.63) is 53.9 Å². The Hall–Kier alpha value is -3.18. The molecule has 3 aliphatic heterocycles. The molecular weight excluding hydrogens is 464 g/mol. The standard InChI is InChI=1S/C24H30N8O2S/c1-17-8-9-25-22(26-17)35-15-14-32-19-20(29(2)24(34)28-21(19)33)27-23(32)31-12-10-30(11-13-31)16-18-6-4-3-5-7-18/h3-9,19-20H,10-16H2,1-2H3,(H,28,33,34). The van der Waals surface area contributed by atoms with E-state index in [1.807, 2.05) is 19.1 Å². The fraction of sp³-hybridized carbons (Fsp3) is 0.458. The number of nitrogens with one attached hydrogen (secondary N) is 1. The van der Waals surface area contributed by atoms with Crippen molar-refractivity contribution in [1.82, 2.24) is 34.9 Å². The lowest BCUT2D eigenvalue weighted by Gasteiger charge is -2.40. The molecule has 0 bridgehead atoms. The number of carbonyl (C=O) groups is 2. The normalized spacial score (nSPS) is 22.8. The Balaban J connectivity index is 1.28. The minimum atomic E-state index is -0.533. The molecule has 5 rings (SSSR count). The van der Waals surface area contributed by atoms with Gasteiger partial charge in [0.2, 0.25) is 0 Å². The predicted octanol–water partition coefficient (Wildman–Crippen LogP) is 1.24. The van der Waals surface area contributed by atoms with Gasteiger partial charge in [-0.05, 0) is 18.6 Å². The fourth-order valence-electron chi connectivity index (χ4n) is 4.69. The van der Waals surface area contributed by atoms with E-state index >= 15 is 0 Å². The van der Waals surface area contributed by atoms with Crippen LogP contribution in [0.2, 0.25) is 0 Å². The largest absolute Gasteiger partial charge is 0.340 e. The highest BCUT2D eigenvalue weighted by Gasteiger charge is 2.49. The third kappa shape index (κ3) is 5.10. The average Bonchev–Trinajstić information content (AvgIpc) is 3.24.